The first-order valence-electron chi connectivity index (χ1n) is 5.53. The van der Waals surface area contributed by atoms with Crippen molar-refractivity contribution in [3.05, 3.63) is 17.4 Å². The van der Waals surface area contributed by atoms with Gasteiger partial charge in [-0.25, -0.2) is 9.97 Å². The lowest BCUT2D eigenvalue weighted by Crippen LogP contribution is -2.36. The van der Waals surface area contributed by atoms with E-state index in [0.29, 0.717) is 10.9 Å². The van der Waals surface area contributed by atoms with Crippen LogP contribution in [0.4, 0.5) is 5.95 Å². The van der Waals surface area contributed by atoms with Gasteiger partial charge in [0.1, 0.15) is 0 Å². The molecule has 1 aliphatic heterocycles. The Kier molecular flexibility index (Phi) is 3.87. The summed E-state index contributed by atoms with van der Waals surface area (Å²) >= 11 is 11.9. The molecule has 0 aliphatic carbocycles. The van der Waals surface area contributed by atoms with E-state index < -0.39 is 0 Å². The predicted octanol–water partition coefficient (Wildman–Crippen LogP) is 2.97. The second-order valence-corrected chi connectivity index (χ2v) is 5.33. The number of alkyl halides is 1. The molecule has 1 aromatic rings. The zero-order chi connectivity index (χ0) is 11.5. The standard InChI is InChI=1S/C11H15Cl2N3/c1-8(12)9-2-4-16(5-3-9)11-14-6-10(13)7-15-11/h6-9H,2-5H2,1H3. The predicted molar refractivity (Wildman–Crippen MR) is 67.3 cm³/mol. The van der Waals surface area contributed by atoms with Gasteiger partial charge in [-0.2, -0.15) is 0 Å². The quantitative estimate of drug-likeness (QED) is 0.765. The Morgan fingerprint density at radius 3 is 2.38 bits per heavy atom. The number of nitrogens with zero attached hydrogens (tertiary/aromatic N) is 3. The van der Waals surface area contributed by atoms with Gasteiger partial charge < -0.3 is 4.90 Å². The fraction of sp³-hybridized carbons (Fsp3) is 0.636. The molecule has 5 heteroatoms. The average molecular weight is 260 g/mol. The molecule has 0 saturated carbocycles. The molecule has 2 heterocycles. The summed E-state index contributed by atoms with van der Waals surface area (Å²) in [6.45, 7) is 4.02. The third kappa shape index (κ3) is 2.77. The van der Waals surface area contributed by atoms with Crippen LogP contribution in [0.1, 0.15) is 19.8 Å². The van der Waals surface area contributed by atoms with E-state index in [2.05, 4.69) is 21.8 Å². The van der Waals surface area contributed by atoms with Crippen LogP contribution in [-0.2, 0) is 0 Å². The SMILES string of the molecule is CC(Cl)C1CCN(c2ncc(Cl)cn2)CC1. The summed E-state index contributed by atoms with van der Waals surface area (Å²) in [5.74, 6) is 1.38. The van der Waals surface area contributed by atoms with E-state index in [-0.39, 0.29) is 5.38 Å². The first kappa shape index (κ1) is 11.9. The summed E-state index contributed by atoms with van der Waals surface area (Å²) < 4.78 is 0. The van der Waals surface area contributed by atoms with Crippen LogP contribution in [-0.4, -0.2) is 28.4 Å². The minimum absolute atomic E-state index is 0.258. The van der Waals surface area contributed by atoms with Crippen LogP contribution in [0, 0.1) is 5.92 Å². The maximum Gasteiger partial charge on any atom is 0.225 e. The van der Waals surface area contributed by atoms with Crippen molar-refractivity contribution in [1.29, 1.82) is 0 Å². The smallest absolute Gasteiger partial charge is 0.225 e. The minimum atomic E-state index is 0.258. The van der Waals surface area contributed by atoms with Crippen LogP contribution < -0.4 is 4.90 Å². The Bertz CT molecular complexity index is 332. The van der Waals surface area contributed by atoms with Crippen LogP contribution >= 0.6 is 23.2 Å². The molecule has 0 spiro atoms. The van der Waals surface area contributed by atoms with Gasteiger partial charge in [-0.3, -0.25) is 0 Å². The van der Waals surface area contributed by atoms with Crippen LogP contribution in [0.2, 0.25) is 5.02 Å². The Labute approximate surface area is 106 Å². The Morgan fingerprint density at radius 2 is 1.88 bits per heavy atom. The lowest BCUT2D eigenvalue weighted by Gasteiger charge is -2.33. The van der Waals surface area contributed by atoms with Crippen LogP contribution in [0.25, 0.3) is 0 Å². The number of halogens is 2. The van der Waals surface area contributed by atoms with Gasteiger partial charge in [-0.15, -0.1) is 11.6 Å². The fourth-order valence-corrected chi connectivity index (χ4v) is 2.38. The highest BCUT2D eigenvalue weighted by Gasteiger charge is 2.23. The van der Waals surface area contributed by atoms with E-state index in [9.17, 15) is 0 Å². The van der Waals surface area contributed by atoms with Crippen LogP contribution in [0.15, 0.2) is 12.4 Å². The normalized spacial score (nSPS) is 19.8. The van der Waals surface area contributed by atoms with Gasteiger partial charge in [-0.1, -0.05) is 11.6 Å². The van der Waals surface area contributed by atoms with Crippen molar-refractivity contribution < 1.29 is 0 Å². The summed E-state index contributed by atoms with van der Waals surface area (Å²) in [7, 11) is 0. The molecular weight excluding hydrogens is 245 g/mol. The first-order chi connectivity index (χ1) is 7.66. The van der Waals surface area contributed by atoms with Crippen molar-refractivity contribution in [2.75, 3.05) is 18.0 Å². The number of rotatable bonds is 2. The van der Waals surface area contributed by atoms with Gasteiger partial charge in [0.25, 0.3) is 0 Å². The van der Waals surface area contributed by atoms with E-state index in [1.54, 1.807) is 12.4 Å². The maximum absolute atomic E-state index is 6.10. The molecule has 1 atom stereocenters. The monoisotopic (exact) mass is 259 g/mol. The summed E-state index contributed by atoms with van der Waals surface area (Å²) in [4.78, 5) is 10.6. The second-order valence-electron chi connectivity index (χ2n) is 4.20. The third-order valence-corrected chi connectivity index (χ3v) is 3.63. The Hall–Kier alpha value is -0.540. The molecule has 0 radical (unpaired) electrons. The molecule has 3 nitrogen and oxygen atoms in total. The van der Waals surface area contributed by atoms with Gasteiger partial charge in [0.05, 0.1) is 17.4 Å². The third-order valence-electron chi connectivity index (χ3n) is 3.08. The topological polar surface area (TPSA) is 29.0 Å². The first-order valence-corrected chi connectivity index (χ1v) is 6.35. The molecule has 1 saturated heterocycles. The van der Waals surface area contributed by atoms with Gasteiger partial charge in [-0.05, 0) is 25.7 Å². The summed E-state index contributed by atoms with van der Waals surface area (Å²) in [6, 6.07) is 0. The highest BCUT2D eigenvalue weighted by Crippen LogP contribution is 2.25. The van der Waals surface area contributed by atoms with Crippen molar-refractivity contribution in [1.82, 2.24) is 9.97 Å². The molecule has 1 fully saturated rings. The van der Waals surface area contributed by atoms with Crippen molar-refractivity contribution in [2.24, 2.45) is 5.92 Å². The molecule has 0 bridgehead atoms. The summed E-state index contributed by atoms with van der Waals surface area (Å²) in [5.41, 5.74) is 0. The molecule has 1 unspecified atom stereocenters. The van der Waals surface area contributed by atoms with Gasteiger partial charge in [0, 0.05) is 18.5 Å². The van der Waals surface area contributed by atoms with Gasteiger partial charge in [0.2, 0.25) is 5.95 Å². The van der Waals surface area contributed by atoms with Gasteiger partial charge >= 0.3 is 0 Å². The second kappa shape index (κ2) is 5.19. The molecule has 2 rings (SSSR count). The number of hydrogen-bond acceptors (Lipinski definition) is 3. The lowest BCUT2D eigenvalue weighted by molar-refractivity contribution is 0.397. The van der Waals surface area contributed by atoms with Gasteiger partial charge in [0.15, 0.2) is 0 Å². The number of hydrogen-bond donors (Lipinski definition) is 0. The zero-order valence-corrected chi connectivity index (χ0v) is 10.7. The van der Waals surface area contributed by atoms with Crippen LogP contribution in [0.5, 0.6) is 0 Å². The molecular formula is C11H15Cl2N3. The lowest BCUT2D eigenvalue weighted by atomic mass is 9.94. The number of aromatic nitrogens is 2. The van der Waals surface area contributed by atoms with E-state index in [1.165, 1.54) is 0 Å². The van der Waals surface area contributed by atoms with E-state index in [1.807, 2.05) is 0 Å². The molecule has 88 valence electrons. The zero-order valence-electron chi connectivity index (χ0n) is 9.24. The number of piperidine rings is 1. The summed E-state index contributed by atoms with van der Waals surface area (Å²) in [5, 5.41) is 0.835. The Balaban J connectivity index is 1.96. The van der Waals surface area contributed by atoms with Crippen molar-refractivity contribution in [3.8, 4) is 0 Å². The summed E-state index contributed by atoms with van der Waals surface area (Å²) in [6.07, 6.45) is 5.49. The molecule has 16 heavy (non-hydrogen) atoms. The van der Waals surface area contributed by atoms with Crippen molar-refractivity contribution in [2.45, 2.75) is 25.1 Å². The fourth-order valence-electron chi connectivity index (χ4n) is 2.03. The van der Waals surface area contributed by atoms with Crippen LogP contribution in [0.3, 0.4) is 0 Å². The average Bonchev–Trinajstić information content (AvgIpc) is 2.30. The van der Waals surface area contributed by atoms with Crippen molar-refractivity contribution in [3.63, 3.8) is 0 Å². The minimum Gasteiger partial charge on any atom is -0.341 e. The highest BCUT2D eigenvalue weighted by atomic mass is 35.5. The molecule has 0 N–H and O–H groups in total. The largest absolute Gasteiger partial charge is 0.341 e. The molecule has 0 amide bonds. The Morgan fingerprint density at radius 1 is 1.31 bits per heavy atom. The molecule has 1 aliphatic rings. The van der Waals surface area contributed by atoms with E-state index in [4.69, 9.17) is 23.2 Å². The van der Waals surface area contributed by atoms with E-state index in [0.717, 1.165) is 31.9 Å². The molecule has 1 aromatic heterocycles. The van der Waals surface area contributed by atoms with E-state index >= 15 is 0 Å². The maximum atomic E-state index is 6.10. The molecule has 0 aromatic carbocycles. The number of anilines is 1. The highest BCUT2D eigenvalue weighted by molar-refractivity contribution is 6.30. The van der Waals surface area contributed by atoms with Crippen molar-refractivity contribution >= 4 is 29.2 Å².